The number of hydrogen-bond acceptors (Lipinski definition) is 18. The number of fused-ring (bicyclic) bond motifs is 5. The first-order valence-corrected chi connectivity index (χ1v) is 30.3. The lowest BCUT2D eigenvalue weighted by Gasteiger charge is -2.40. The highest BCUT2D eigenvalue weighted by Crippen LogP contribution is 2.41. The molecule has 0 saturated carbocycles. The van der Waals surface area contributed by atoms with E-state index in [2.05, 4.69) is 31.9 Å². The maximum Gasteiger partial charge on any atom is 0.355 e. The molecular formula is C62H79N9O17S. The number of aromatic nitrogens is 2. The predicted octanol–water partition coefficient (Wildman–Crippen LogP) is 2.63. The summed E-state index contributed by atoms with van der Waals surface area (Å²) in [5, 5.41) is 48.1. The number of esters is 2. The van der Waals surface area contributed by atoms with Crippen molar-refractivity contribution in [3.05, 3.63) is 87.7 Å². The number of methoxy groups -OCH3 is 1. The van der Waals surface area contributed by atoms with Crippen molar-refractivity contribution in [1.82, 2.24) is 41.0 Å². The van der Waals surface area contributed by atoms with Crippen LogP contribution in [0.5, 0.6) is 5.75 Å². The molecule has 89 heavy (non-hydrogen) atoms. The zero-order valence-corrected chi connectivity index (χ0v) is 52.0. The van der Waals surface area contributed by atoms with Gasteiger partial charge in [0.1, 0.15) is 60.9 Å². The summed E-state index contributed by atoms with van der Waals surface area (Å²) in [6, 6.07) is 11.0. The number of ether oxygens (including phenoxy) is 5. The second-order valence-corrected chi connectivity index (χ2v) is 24.4. The normalized spacial score (nSPS) is 22.4. The molecule has 2 aromatic heterocycles. The van der Waals surface area contributed by atoms with Gasteiger partial charge in [0.05, 0.1) is 48.1 Å². The lowest BCUT2D eigenvalue weighted by atomic mass is 9.85. The van der Waals surface area contributed by atoms with Crippen molar-refractivity contribution in [2.45, 2.75) is 174 Å². The number of pyridine rings is 2. The Morgan fingerprint density at radius 2 is 1.53 bits per heavy atom. The van der Waals surface area contributed by atoms with E-state index in [-0.39, 0.29) is 53.9 Å². The average Bonchev–Trinajstić information content (AvgIpc) is 1.72. The third-order valence-corrected chi connectivity index (χ3v) is 16.6. The lowest BCUT2D eigenvalue weighted by Crippen LogP contribution is -2.59. The van der Waals surface area contributed by atoms with Gasteiger partial charge in [0.2, 0.25) is 41.4 Å². The fourth-order valence-corrected chi connectivity index (χ4v) is 11.9. The van der Waals surface area contributed by atoms with Gasteiger partial charge in [-0.25, -0.2) is 14.6 Å². The Labute approximate surface area is 519 Å². The van der Waals surface area contributed by atoms with Crippen molar-refractivity contribution < 1.29 is 77.4 Å². The molecule has 480 valence electrons. The molecule has 8 rings (SSSR count). The number of aliphatic hydroxyl groups excluding tert-OH is 2. The fraction of sp³-hybridized carbons (Fsp3) is 0.532. The molecule has 0 spiro atoms. The summed E-state index contributed by atoms with van der Waals surface area (Å²) in [5.41, 5.74) is 0.490. The first kappa shape index (κ1) is 66.8. The number of carboxylic acid groups (broad SMARTS) is 1. The van der Waals surface area contributed by atoms with Gasteiger partial charge in [-0.1, -0.05) is 66.7 Å². The number of likely N-dealkylation sites (tertiary alicyclic amines) is 1. The summed E-state index contributed by atoms with van der Waals surface area (Å²) >= 11 is 5.75. The zero-order chi connectivity index (χ0) is 64.8. The van der Waals surface area contributed by atoms with Gasteiger partial charge >= 0.3 is 17.9 Å². The van der Waals surface area contributed by atoms with Crippen molar-refractivity contribution in [1.29, 1.82) is 0 Å². The predicted molar refractivity (Wildman–Crippen MR) is 325 cm³/mol. The minimum Gasteiger partial charge on any atom is -0.481 e. The van der Waals surface area contributed by atoms with Crippen LogP contribution in [0.4, 0.5) is 5.69 Å². The van der Waals surface area contributed by atoms with Crippen LogP contribution in [0.2, 0.25) is 0 Å². The van der Waals surface area contributed by atoms with Gasteiger partial charge in [0.25, 0.3) is 5.56 Å². The summed E-state index contributed by atoms with van der Waals surface area (Å²) < 4.78 is 29.9. The number of hydrogen-bond donors (Lipinski definition) is 9. The van der Waals surface area contributed by atoms with Crippen LogP contribution in [0.15, 0.2) is 65.5 Å². The molecule has 27 heteroatoms. The van der Waals surface area contributed by atoms with E-state index in [1.165, 1.54) is 11.7 Å². The average molecular weight is 1250 g/mol. The van der Waals surface area contributed by atoms with Crippen LogP contribution in [0.1, 0.15) is 111 Å². The monoisotopic (exact) mass is 1250 g/mol. The van der Waals surface area contributed by atoms with E-state index < -0.39 is 145 Å². The van der Waals surface area contributed by atoms with E-state index in [9.17, 15) is 58.5 Å². The highest BCUT2D eigenvalue weighted by molar-refractivity contribution is 7.80. The van der Waals surface area contributed by atoms with Crippen molar-refractivity contribution in [2.75, 3.05) is 25.5 Å². The summed E-state index contributed by atoms with van der Waals surface area (Å²) in [6.07, 6.45) is -4.95. The number of nitrogens with zero attached hydrogens (tertiary/aromatic N) is 3. The highest BCUT2D eigenvalue weighted by atomic mass is 32.1. The number of amides is 5. The van der Waals surface area contributed by atoms with Crippen molar-refractivity contribution in [3.63, 3.8) is 0 Å². The number of carbonyl (C=O) groups is 8. The van der Waals surface area contributed by atoms with Crippen LogP contribution < -0.4 is 42.2 Å². The number of carboxylic acids is 1. The van der Waals surface area contributed by atoms with Gasteiger partial charge in [-0.3, -0.25) is 33.6 Å². The third kappa shape index (κ3) is 15.1. The number of cyclic esters (lactones) is 1. The molecule has 4 aliphatic rings. The quantitative estimate of drug-likeness (QED) is 0.0317. The number of anilines is 1. The summed E-state index contributed by atoms with van der Waals surface area (Å²) in [7, 11) is 1.37. The lowest BCUT2D eigenvalue weighted by molar-refractivity contribution is -0.272. The Morgan fingerprint density at radius 3 is 2.18 bits per heavy atom. The molecule has 2 unspecified atom stereocenters. The molecule has 5 amide bonds. The Hall–Kier alpha value is -8.11. The molecule has 9 N–H and O–H groups in total. The molecule has 26 nitrogen and oxygen atoms in total. The van der Waals surface area contributed by atoms with Crippen molar-refractivity contribution in [2.24, 2.45) is 17.8 Å². The largest absolute Gasteiger partial charge is 0.481 e. The van der Waals surface area contributed by atoms with Crippen molar-refractivity contribution >= 4 is 81.4 Å². The van der Waals surface area contributed by atoms with Crippen LogP contribution in [-0.2, 0) is 76.1 Å². The number of nitrogens with one attached hydrogen (secondary N) is 6. The molecule has 0 bridgehead atoms. The minimum atomic E-state index is -2.16. The Balaban J connectivity index is 0.877. The Morgan fingerprint density at radius 1 is 0.854 bits per heavy atom. The first-order valence-electron chi connectivity index (χ1n) is 29.9. The molecule has 4 aromatic rings. The number of rotatable bonds is 24. The Kier molecular flexibility index (Phi) is 21.5. The van der Waals surface area contributed by atoms with Crippen molar-refractivity contribution in [3.8, 4) is 17.1 Å². The SMILES string of the molecule is CCC1(OC(=O)[C@H](NC(=O)[C@@H](CC(=O)O)NC(=O)[C@@H](CC(C)C)NC(=O)CNC(=O)[C@H](CC(C)C)NC(=O)[C@H]2CCCN2C(=S)Nc2ccc(OC3O[C@H](C)[C@H](O)[C@H](OC)[C@@H]3O)cc2)C(C)C)C(=O)OCc2c1cc1n(c2=O)Cc2cc3ccccc3nc2-1. The summed E-state index contributed by atoms with van der Waals surface area (Å²) in [5.74, 6) is -8.35. The molecule has 2 saturated heterocycles. The molecule has 4 aliphatic heterocycles. The maximum atomic E-state index is 14.4. The molecule has 2 aromatic carbocycles. The van der Waals surface area contributed by atoms with Gasteiger partial charge in [-0.2, -0.15) is 0 Å². The van der Waals surface area contributed by atoms with Crippen LogP contribution in [0.25, 0.3) is 22.3 Å². The fourth-order valence-electron chi connectivity index (χ4n) is 11.5. The topological polar surface area (TPSA) is 354 Å². The minimum absolute atomic E-state index is 0.00169. The van der Waals surface area contributed by atoms with E-state index in [0.29, 0.717) is 47.7 Å². The smallest absolute Gasteiger partial charge is 0.355 e. The van der Waals surface area contributed by atoms with Gasteiger partial charge < -0.3 is 80.4 Å². The molecular weight excluding hydrogens is 1170 g/mol. The van der Waals surface area contributed by atoms with E-state index in [4.69, 9.17) is 40.9 Å². The third-order valence-electron chi connectivity index (χ3n) is 16.2. The number of aliphatic carboxylic acids is 1. The van der Waals surface area contributed by atoms with E-state index >= 15 is 0 Å². The van der Waals surface area contributed by atoms with E-state index in [1.54, 1.807) is 76.8 Å². The second kappa shape index (κ2) is 28.6. The van der Waals surface area contributed by atoms with Crippen LogP contribution >= 0.6 is 12.2 Å². The first-order chi connectivity index (χ1) is 42.2. The van der Waals surface area contributed by atoms with Gasteiger partial charge in [0, 0.05) is 35.9 Å². The molecule has 6 heterocycles. The van der Waals surface area contributed by atoms with Crippen LogP contribution in [0.3, 0.4) is 0 Å². The number of thiocarbonyl (C=S) groups is 1. The molecule has 11 atom stereocenters. The number of benzene rings is 2. The van der Waals surface area contributed by atoms with Gasteiger partial charge in [0.15, 0.2) is 5.11 Å². The number of aliphatic hydroxyl groups is 2. The number of carbonyl (C=O) groups excluding carboxylic acids is 7. The standard InChI is InChI=1S/C62H79N9O17S/c1-10-62(39-25-45-49-35(24-34-14-11-12-15-40(34)66-49)28-71(45)57(81)38(39)29-85-60(62)83)88-58(82)48(32(6)7)69-55(79)43(26-47(73)74)67-54(78)42(23-31(4)5)65-46(72)27-63-53(77)41(22-30(2)3)68-56(80)44-16-13-21-70(44)61(89)64-36-17-19-37(20-18-36)87-59-51(76)52(84-9)50(75)33(8)86-59/h11-12,14-15,17-20,24-25,30-33,41-44,48,50-52,59,75-76H,10,13,16,21-23,26-29H2,1-9H3,(H,63,77)(H,64,89)(H,65,72)(H,67,78)(H,68,80)(H,69,79)(H,73,74)/t33-,41+,42-,43-,44-,48-,50+,51+,52+,59?,62?/m1/s1. The van der Waals surface area contributed by atoms with Gasteiger partial charge in [-0.15, -0.1) is 0 Å². The van der Waals surface area contributed by atoms with E-state index in [0.717, 1.165) is 10.9 Å². The summed E-state index contributed by atoms with van der Waals surface area (Å²) in [6.45, 7) is 13.2. The Bertz CT molecular complexity index is 3410. The van der Waals surface area contributed by atoms with Gasteiger partial charge in [-0.05, 0) is 111 Å². The molecule has 2 fully saturated rings. The second-order valence-electron chi connectivity index (χ2n) is 24.0. The molecule has 0 radical (unpaired) electrons. The van der Waals surface area contributed by atoms with E-state index in [1.807, 2.05) is 44.2 Å². The van der Waals surface area contributed by atoms with Crippen LogP contribution in [-0.4, -0.2) is 163 Å². The number of para-hydroxylation sites is 1. The summed E-state index contributed by atoms with van der Waals surface area (Å²) in [4.78, 5) is 131. The highest BCUT2D eigenvalue weighted by Gasteiger charge is 2.52. The maximum absolute atomic E-state index is 14.4. The van der Waals surface area contributed by atoms with Crippen LogP contribution in [0, 0.1) is 17.8 Å². The zero-order valence-electron chi connectivity index (χ0n) is 51.2. The molecule has 0 aliphatic carbocycles.